The Labute approximate surface area is 229 Å². The van der Waals surface area contributed by atoms with Crippen LogP contribution in [0.3, 0.4) is 0 Å². The molecule has 0 radical (unpaired) electrons. The highest BCUT2D eigenvalue weighted by Gasteiger charge is 2.36. The fourth-order valence-corrected chi connectivity index (χ4v) is 7.28. The summed E-state index contributed by atoms with van der Waals surface area (Å²) in [5, 5.41) is 8.53. The first-order chi connectivity index (χ1) is 19.3. The van der Waals surface area contributed by atoms with Gasteiger partial charge in [-0.2, -0.15) is 0 Å². The van der Waals surface area contributed by atoms with Gasteiger partial charge >= 0.3 is 0 Å². The number of hydrogen-bond donors (Lipinski definition) is 4. The molecule has 0 spiro atoms. The van der Waals surface area contributed by atoms with Gasteiger partial charge < -0.3 is 25.5 Å². The van der Waals surface area contributed by atoms with Gasteiger partial charge in [0.1, 0.15) is 5.82 Å². The predicted molar refractivity (Wildman–Crippen MR) is 158 cm³/mol. The Bertz CT molecular complexity index is 1500. The quantitative estimate of drug-likeness (QED) is 0.203. The van der Waals surface area contributed by atoms with Crippen LogP contribution in [0.25, 0.3) is 21.9 Å². The first-order valence-electron chi connectivity index (χ1n) is 14.7. The molecule has 4 atom stereocenters. The van der Waals surface area contributed by atoms with Gasteiger partial charge in [0.2, 0.25) is 0 Å². The third kappa shape index (κ3) is 4.14. The highest BCUT2D eigenvalue weighted by molar-refractivity contribution is 5.82. The zero-order valence-electron chi connectivity index (χ0n) is 22.3. The second kappa shape index (κ2) is 9.54. The SMILES string of the molecule is c1ccc(N2[C@@H](c3ccc4[nH]c(C5CCCN5)cc4c3)CC[C@@H]2c2ccc3[nH]c([C@@H]4CCCN4)nc3c2)cc1. The van der Waals surface area contributed by atoms with E-state index < -0.39 is 0 Å². The highest BCUT2D eigenvalue weighted by atomic mass is 15.2. The number of anilines is 1. The molecule has 3 fully saturated rings. The maximum absolute atomic E-state index is 5.03. The van der Waals surface area contributed by atoms with Crippen LogP contribution < -0.4 is 15.5 Å². The fraction of sp³-hybridized carbons (Fsp3) is 0.364. The minimum Gasteiger partial charge on any atom is -0.357 e. The van der Waals surface area contributed by atoms with Crippen LogP contribution in [0.1, 0.15) is 85.3 Å². The van der Waals surface area contributed by atoms with Crippen molar-refractivity contribution in [1.29, 1.82) is 0 Å². The summed E-state index contributed by atoms with van der Waals surface area (Å²) in [6, 6.07) is 28.7. The Hall–Kier alpha value is -3.61. The van der Waals surface area contributed by atoms with Crippen LogP contribution in [-0.4, -0.2) is 28.0 Å². The van der Waals surface area contributed by atoms with Crippen molar-refractivity contribution < 1.29 is 0 Å². The zero-order valence-corrected chi connectivity index (χ0v) is 22.3. The van der Waals surface area contributed by atoms with E-state index in [1.807, 2.05) is 0 Å². The molecule has 5 heterocycles. The van der Waals surface area contributed by atoms with Crippen molar-refractivity contribution in [1.82, 2.24) is 25.6 Å². The lowest BCUT2D eigenvalue weighted by atomic mass is 10.0. The van der Waals surface area contributed by atoms with Crippen LogP contribution in [0.4, 0.5) is 5.69 Å². The average molecular weight is 517 g/mol. The molecule has 3 saturated heterocycles. The van der Waals surface area contributed by atoms with Crippen molar-refractivity contribution >= 4 is 27.6 Å². The summed E-state index contributed by atoms with van der Waals surface area (Å²) < 4.78 is 0. The van der Waals surface area contributed by atoms with E-state index in [1.54, 1.807) is 0 Å². The second-order valence-electron chi connectivity index (χ2n) is 11.6. The molecule has 3 aliphatic rings. The minimum absolute atomic E-state index is 0.312. The molecule has 0 bridgehead atoms. The van der Waals surface area contributed by atoms with Gasteiger partial charge in [-0.1, -0.05) is 30.3 Å². The standard InChI is InChI=1S/C33H36N6/c1-2-6-24(7-3-1)39-31(21-10-12-25-23(18-21)20-29(36-25)26-8-4-16-34-26)14-15-32(39)22-11-13-27-30(19-22)38-33(37-27)28-9-5-17-35-28/h1-3,6-7,10-13,18-20,26,28,31-32,34-36H,4-5,8-9,14-17H2,(H,37,38)/t26?,28-,31+,32+/m0/s1. The van der Waals surface area contributed by atoms with Crippen LogP contribution in [0.2, 0.25) is 0 Å². The third-order valence-corrected chi connectivity index (χ3v) is 9.23. The van der Waals surface area contributed by atoms with Gasteiger partial charge in [0, 0.05) is 28.3 Å². The zero-order chi connectivity index (χ0) is 25.8. The Kier molecular flexibility index (Phi) is 5.70. The van der Waals surface area contributed by atoms with Gasteiger partial charge in [0.05, 0.1) is 29.2 Å². The first-order valence-corrected chi connectivity index (χ1v) is 14.7. The van der Waals surface area contributed by atoms with E-state index in [-0.39, 0.29) is 0 Å². The molecule has 198 valence electrons. The number of para-hydroxylation sites is 1. The summed E-state index contributed by atoms with van der Waals surface area (Å²) in [5.41, 5.74) is 8.80. The van der Waals surface area contributed by atoms with Crippen molar-refractivity contribution in [3.05, 3.63) is 95.4 Å². The van der Waals surface area contributed by atoms with E-state index >= 15 is 0 Å². The van der Waals surface area contributed by atoms with E-state index in [0.717, 1.165) is 49.2 Å². The van der Waals surface area contributed by atoms with Gasteiger partial charge in [-0.15, -0.1) is 0 Å². The summed E-state index contributed by atoms with van der Waals surface area (Å²) >= 11 is 0. The Morgan fingerprint density at radius 1 is 0.667 bits per heavy atom. The number of aromatic amines is 2. The lowest BCUT2D eigenvalue weighted by Crippen LogP contribution is -2.26. The molecule has 0 amide bonds. The Morgan fingerprint density at radius 2 is 1.38 bits per heavy atom. The van der Waals surface area contributed by atoms with Crippen molar-refractivity contribution in [3.63, 3.8) is 0 Å². The molecule has 5 aromatic rings. The summed E-state index contributed by atoms with van der Waals surface area (Å²) in [6.45, 7) is 2.19. The largest absolute Gasteiger partial charge is 0.357 e. The van der Waals surface area contributed by atoms with Gasteiger partial charge in [-0.25, -0.2) is 4.98 Å². The number of nitrogens with one attached hydrogen (secondary N) is 4. The minimum atomic E-state index is 0.312. The molecule has 1 unspecified atom stereocenters. The number of aromatic nitrogens is 3. The van der Waals surface area contributed by atoms with Gasteiger partial charge in [0.15, 0.2) is 0 Å². The molecule has 6 heteroatoms. The van der Waals surface area contributed by atoms with E-state index in [4.69, 9.17) is 4.98 Å². The molecular formula is C33H36N6. The topological polar surface area (TPSA) is 71.8 Å². The molecular weight excluding hydrogens is 480 g/mol. The van der Waals surface area contributed by atoms with E-state index in [2.05, 4.69) is 98.3 Å². The normalized spacial score (nSPS) is 25.4. The molecule has 0 aliphatic carbocycles. The Morgan fingerprint density at radius 3 is 2.13 bits per heavy atom. The van der Waals surface area contributed by atoms with Crippen LogP contribution in [-0.2, 0) is 0 Å². The number of benzene rings is 3. The number of nitrogens with zero attached hydrogens (tertiary/aromatic N) is 2. The number of fused-ring (bicyclic) bond motifs is 2. The van der Waals surface area contributed by atoms with Crippen LogP contribution in [0.5, 0.6) is 0 Å². The lowest BCUT2D eigenvalue weighted by molar-refractivity contribution is 0.614. The molecule has 39 heavy (non-hydrogen) atoms. The van der Waals surface area contributed by atoms with Crippen LogP contribution >= 0.6 is 0 Å². The number of rotatable bonds is 5. The van der Waals surface area contributed by atoms with Gasteiger partial charge in [-0.3, -0.25) is 0 Å². The third-order valence-electron chi connectivity index (χ3n) is 9.23. The van der Waals surface area contributed by atoms with Gasteiger partial charge in [0.25, 0.3) is 0 Å². The monoisotopic (exact) mass is 516 g/mol. The summed E-state index contributed by atoms with van der Waals surface area (Å²) in [7, 11) is 0. The van der Waals surface area contributed by atoms with E-state index in [0.29, 0.717) is 24.2 Å². The fourth-order valence-electron chi connectivity index (χ4n) is 7.28. The lowest BCUT2D eigenvalue weighted by Gasteiger charge is -2.33. The van der Waals surface area contributed by atoms with Crippen molar-refractivity contribution in [2.45, 2.75) is 62.7 Å². The molecule has 8 rings (SSSR count). The summed E-state index contributed by atoms with van der Waals surface area (Å²) in [5.74, 6) is 1.08. The number of imidazole rings is 1. The summed E-state index contributed by atoms with van der Waals surface area (Å²) in [4.78, 5) is 14.9. The second-order valence-corrected chi connectivity index (χ2v) is 11.6. The predicted octanol–water partition coefficient (Wildman–Crippen LogP) is 6.98. The molecule has 0 saturated carbocycles. The number of hydrogen-bond acceptors (Lipinski definition) is 4. The molecule has 6 nitrogen and oxygen atoms in total. The molecule has 3 aliphatic heterocycles. The molecule has 3 aromatic carbocycles. The van der Waals surface area contributed by atoms with Gasteiger partial charge in [-0.05, 0) is 105 Å². The molecule has 4 N–H and O–H groups in total. The molecule has 2 aromatic heterocycles. The first kappa shape index (κ1) is 23.3. The maximum Gasteiger partial charge on any atom is 0.124 e. The van der Waals surface area contributed by atoms with Crippen molar-refractivity contribution in [3.8, 4) is 0 Å². The van der Waals surface area contributed by atoms with Crippen LogP contribution in [0, 0.1) is 0 Å². The van der Waals surface area contributed by atoms with E-state index in [9.17, 15) is 0 Å². The van der Waals surface area contributed by atoms with Crippen molar-refractivity contribution in [2.24, 2.45) is 0 Å². The number of H-pyrrole nitrogens is 2. The highest BCUT2D eigenvalue weighted by Crippen LogP contribution is 2.47. The summed E-state index contributed by atoms with van der Waals surface area (Å²) in [6.07, 6.45) is 7.09. The van der Waals surface area contributed by atoms with Crippen LogP contribution in [0.15, 0.2) is 72.8 Å². The average Bonchev–Trinajstić information content (AvgIpc) is 3.80. The van der Waals surface area contributed by atoms with E-state index in [1.165, 1.54) is 52.7 Å². The smallest absolute Gasteiger partial charge is 0.124 e. The maximum atomic E-state index is 5.03. The van der Waals surface area contributed by atoms with Crippen molar-refractivity contribution in [2.75, 3.05) is 18.0 Å². The Balaban J connectivity index is 1.15.